The van der Waals surface area contributed by atoms with Crippen LogP contribution >= 0.6 is 0 Å². The van der Waals surface area contributed by atoms with Crippen LogP contribution in [-0.2, 0) is 10.0 Å². The highest BCUT2D eigenvalue weighted by Crippen LogP contribution is 2.23. The van der Waals surface area contributed by atoms with Crippen molar-refractivity contribution in [2.75, 3.05) is 0 Å². The van der Waals surface area contributed by atoms with Crippen LogP contribution in [0, 0.1) is 23.3 Å². The van der Waals surface area contributed by atoms with Crippen LogP contribution in [0.25, 0.3) is 0 Å². The number of rotatable bonds is 4. The molecular formula is C14H11F4NO2S. The highest BCUT2D eigenvalue weighted by Gasteiger charge is 2.26. The first-order valence-corrected chi connectivity index (χ1v) is 7.62. The van der Waals surface area contributed by atoms with Crippen molar-refractivity contribution in [1.82, 2.24) is 4.72 Å². The molecule has 0 heterocycles. The first kappa shape index (κ1) is 16.4. The van der Waals surface area contributed by atoms with Crippen LogP contribution in [0.3, 0.4) is 0 Å². The first-order chi connectivity index (χ1) is 10.2. The fourth-order valence-electron chi connectivity index (χ4n) is 1.95. The summed E-state index contributed by atoms with van der Waals surface area (Å²) in [6.45, 7) is 1.27. The molecule has 0 spiro atoms. The van der Waals surface area contributed by atoms with E-state index in [1.54, 1.807) is 0 Å². The third-order valence-corrected chi connectivity index (χ3v) is 4.54. The van der Waals surface area contributed by atoms with E-state index >= 15 is 0 Å². The second-order valence-electron chi connectivity index (χ2n) is 4.56. The molecule has 0 saturated heterocycles. The Morgan fingerprint density at radius 3 is 2.09 bits per heavy atom. The van der Waals surface area contributed by atoms with E-state index in [0.29, 0.717) is 6.07 Å². The fourth-order valence-corrected chi connectivity index (χ4v) is 3.31. The van der Waals surface area contributed by atoms with Crippen molar-refractivity contribution in [2.45, 2.75) is 17.9 Å². The van der Waals surface area contributed by atoms with Crippen molar-refractivity contribution in [3.8, 4) is 0 Å². The van der Waals surface area contributed by atoms with Gasteiger partial charge in [0.15, 0.2) is 4.90 Å². The minimum atomic E-state index is -4.56. The van der Waals surface area contributed by atoms with Crippen LogP contribution in [0.1, 0.15) is 18.5 Å². The number of hydrogen-bond donors (Lipinski definition) is 1. The highest BCUT2D eigenvalue weighted by atomic mass is 32.2. The molecule has 0 fully saturated rings. The maximum absolute atomic E-state index is 13.6. The van der Waals surface area contributed by atoms with Gasteiger partial charge in [-0.25, -0.2) is 30.7 Å². The molecule has 0 aromatic heterocycles. The molecule has 118 valence electrons. The molecule has 0 aliphatic rings. The fraction of sp³-hybridized carbons (Fsp3) is 0.143. The Labute approximate surface area is 124 Å². The minimum absolute atomic E-state index is 0.151. The van der Waals surface area contributed by atoms with E-state index in [2.05, 4.69) is 0 Å². The molecule has 2 rings (SSSR count). The zero-order valence-electron chi connectivity index (χ0n) is 11.3. The maximum Gasteiger partial charge on any atom is 0.246 e. The Morgan fingerprint density at radius 1 is 0.955 bits per heavy atom. The molecule has 0 aliphatic heterocycles. The van der Waals surface area contributed by atoms with Crippen LogP contribution in [-0.4, -0.2) is 8.42 Å². The normalized spacial score (nSPS) is 13.1. The van der Waals surface area contributed by atoms with E-state index in [1.165, 1.54) is 6.92 Å². The summed E-state index contributed by atoms with van der Waals surface area (Å²) in [6.07, 6.45) is 0. The van der Waals surface area contributed by atoms with Crippen molar-refractivity contribution in [3.63, 3.8) is 0 Å². The van der Waals surface area contributed by atoms with E-state index in [-0.39, 0.29) is 5.56 Å². The SMILES string of the molecule is C[C@@H](NS(=O)(=O)c1c(F)cccc1F)c1ccc(F)cc1F. The average Bonchev–Trinajstić information content (AvgIpc) is 2.36. The summed E-state index contributed by atoms with van der Waals surface area (Å²) in [7, 11) is -4.56. The molecule has 1 atom stereocenters. The predicted octanol–water partition coefficient (Wildman–Crippen LogP) is 3.28. The lowest BCUT2D eigenvalue weighted by Gasteiger charge is -2.16. The molecule has 0 saturated carbocycles. The van der Waals surface area contributed by atoms with Gasteiger partial charge < -0.3 is 0 Å². The van der Waals surface area contributed by atoms with Crippen molar-refractivity contribution in [3.05, 3.63) is 65.2 Å². The second-order valence-corrected chi connectivity index (χ2v) is 6.21. The molecule has 0 amide bonds. The number of benzene rings is 2. The molecule has 22 heavy (non-hydrogen) atoms. The molecule has 2 aromatic rings. The van der Waals surface area contributed by atoms with Crippen molar-refractivity contribution < 1.29 is 26.0 Å². The van der Waals surface area contributed by atoms with E-state index in [4.69, 9.17) is 0 Å². The molecule has 0 aliphatic carbocycles. The van der Waals surface area contributed by atoms with E-state index in [9.17, 15) is 26.0 Å². The number of sulfonamides is 1. The Kier molecular flexibility index (Phi) is 4.52. The van der Waals surface area contributed by atoms with Gasteiger partial charge in [0.05, 0.1) is 0 Å². The largest absolute Gasteiger partial charge is 0.246 e. The summed E-state index contributed by atoms with van der Waals surface area (Å²) in [5, 5.41) is 0. The van der Waals surface area contributed by atoms with Crippen LogP contribution in [0.2, 0.25) is 0 Å². The minimum Gasteiger partial charge on any atom is -0.207 e. The summed E-state index contributed by atoms with van der Waals surface area (Å²) in [6, 6.07) is 4.05. The lowest BCUT2D eigenvalue weighted by Crippen LogP contribution is -2.29. The smallest absolute Gasteiger partial charge is 0.207 e. The molecular weight excluding hydrogens is 322 g/mol. The molecule has 1 N–H and O–H groups in total. The van der Waals surface area contributed by atoms with Gasteiger partial charge in [-0.1, -0.05) is 12.1 Å². The number of hydrogen-bond acceptors (Lipinski definition) is 2. The van der Waals surface area contributed by atoms with E-state index in [1.807, 2.05) is 4.72 Å². The lowest BCUT2D eigenvalue weighted by atomic mass is 10.1. The standard InChI is InChI=1S/C14H11F4NO2S/c1-8(10-6-5-9(15)7-13(10)18)19-22(20,21)14-11(16)3-2-4-12(14)17/h2-8,19H,1H3/t8-/m1/s1. The van der Waals surface area contributed by atoms with Gasteiger partial charge in [0.1, 0.15) is 23.3 Å². The zero-order chi connectivity index (χ0) is 16.5. The van der Waals surface area contributed by atoms with Gasteiger partial charge in [-0.15, -0.1) is 0 Å². The molecule has 0 bridgehead atoms. The van der Waals surface area contributed by atoms with Crippen molar-refractivity contribution >= 4 is 10.0 Å². The van der Waals surface area contributed by atoms with Gasteiger partial charge in [0.2, 0.25) is 10.0 Å². The van der Waals surface area contributed by atoms with E-state index < -0.39 is 44.2 Å². The molecule has 3 nitrogen and oxygen atoms in total. The van der Waals surface area contributed by atoms with Crippen LogP contribution in [0.15, 0.2) is 41.3 Å². The molecule has 2 aromatic carbocycles. The summed E-state index contributed by atoms with van der Waals surface area (Å²) in [5.41, 5.74) is -0.151. The number of halogens is 4. The summed E-state index contributed by atoms with van der Waals surface area (Å²) in [4.78, 5) is -1.15. The predicted molar refractivity (Wildman–Crippen MR) is 71.5 cm³/mol. The topological polar surface area (TPSA) is 46.2 Å². The Hall–Kier alpha value is -1.93. The van der Waals surface area contributed by atoms with Gasteiger partial charge in [0, 0.05) is 17.7 Å². The monoisotopic (exact) mass is 333 g/mol. The molecule has 8 heteroatoms. The van der Waals surface area contributed by atoms with Crippen LogP contribution in [0.5, 0.6) is 0 Å². The quantitative estimate of drug-likeness (QED) is 0.873. The number of nitrogens with one attached hydrogen (secondary N) is 1. The molecule has 0 radical (unpaired) electrons. The van der Waals surface area contributed by atoms with Gasteiger partial charge in [-0.2, -0.15) is 0 Å². The van der Waals surface area contributed by atoms with Gasteiger partial charge >= 0.3 is 0 Å². The Bertz CT molecular complexity index is 788. The maximum atomic E-state index is 13.6. The molecule has 0 unspecified atom stereocenters. The third kappa shape index (κ3) is 3.28. The average molecular weight is 333 g/mol. The Morgan fingerprint density at radius 2 is 1.55 bits per heavy atom. The first-order valence-electron chi connectivity index (χ1n) is 6.13. The van der Waals surface area contributed by atoms with Crippen LogP contribution < -0.4 is 4.72 Å². The lowest BCUT2D eigenvalue weighted by molar-refractivity contribution is 0.505. The third-order valence-electron chi connectivity index (χ3n) is 2.95. The van der Waals surface area contributed by atoms with E-state index in [0.717, 1.165) is 30.3 Å². The summed E-state index contributed by atoms with van der Waals surface area (Å²) >= 11 is 0. The van der Waals surface area contributed by atoms with Gasteiger partial charge in [-0.3, -0.25) is 0 Å². The van der Waals surface area contributed by atoms with Gasteiger partial charge in [0.25, 0.3) is 0 Å². The van der Waals surface area contributed by atoms with Gasteiger partial charge in [-0.05, 0) is 25.1 Å². The highest BCUT2D eigenvalue weighted by molar-refractivity contribution is 7.89. The van der Waals surface area contributed by atoms with Crippen molar-refractivity contribution in [2.24, 2.45) is 0 Å². The second kappa shape index (κ2) is 6.05. The summed E-state index contributed by atoms with van der Waals surface area (Å²) in [5.74, 6) is -4.32. The zero-order valence-corrected chi connectivity index (χ0v) is 12.1. The van der Waals surface area contributed by atoms with Crippen LogP contribution in [0.4, 0.5) is 17.6 Å². The Balaban J connectivity index is 2.36. The summed E-state index contributed by atoms with van der Waals surface area (Å²) < 4.78 is 79.6. The van der Waals surface area contributed by atoms with Crippen molar-refractivity contribution in [1.29, 1.82) is 0 Å².